The van der Waals surface area contributed by atoms with Gasteiger partial charge in [-0.3, -0.25) is 0 Å². The van der Waals surface area contributed by atoms with E-state index in [4.69, 9.17) is 9.16 Å². The van der Waals surface area contributed by atoms with Gasteiger partial charge in [0.25, 0.3) is 0 Å². The van der Waals surface area contributed by atoms with Gasteiger partial charge >= 0.3 is 0 Å². The van der Waals surface area contributed by atoms with Crippen LogP contribution in [0.4, 0.5) is 0 Å². The van der Waals surface area contributed by atoms with Crippen LogP contribution in [-0.2, 0) is 9.16 Å². The second-order valence-corrected chi connectivity index (χ2v) is 12.0. The van der Waals surface area contributed by atoms with E-state index in [0.717, 1.165) is 10.9 Å². The largest absolute Gasteiger partial charge is 0.410 e. The second kappa shape index (κ2) is 5.23. The molecule has 2 atom stereocenters. The summed E-state index contributed by atoms with van der Waals surface area (Å²) < 4.78 is 13.0. The van der Waals surface area contributed by atoms with E-state index in [9.17, 15) is 0 Å². The molecular weight excluding hydrogens is 308 g/mol. The molecule has 0 aromatic carbocycles. The van der Waals surface area contributed by atoms with E-state index in [1.54, 1.807) is 7.11 Å². The van der Waals surface area contributed by atoms with Crippen LogP contribution >= 0.6 is 15.9 Å². The van der Waals surface area contributed by atoms with Crippen LogP contribution in [0.25, 0.3) is 0 Å². The zero-order chi connectivity index (χ0) is 14.2. The normalized spacial score (nSPS) is 29.3. The summed E-state index contributed by atoms with van der Waals surface area (Å²) in [4.78, 5) is 0. The molecule has 1 aliphatic rings. The molecule has 0 amide bonds. The molecule has 0 aliphatic heterocycles. The second-order valence-electron chi connectivity index (χ2n) is 6.43. The lowest BCUT2D eigenvalue weighted by atomic mass is 10.0. The molecule has 0 radical (unpaired) electrons. The summed E-state index contributed by atoms with van der Waals surface area (Å²) in [6, 6.07) is 0. The third kappa shape index (κ3) is 2.98. The minimum absolute atomic E-state index is 0.109. The van der Waals surface area contributed by atoms with Crippen LogP contribution in [0.5, 0.6) is 0 Å². The molecule has 18 heavy (non-hydrogen) atoms. The van der Waals surface area contributed by atoms with Gasteiger partial charge in [0.15, 0.2) is 8.32 Å². The van der Waals surface area contributed by atoms with Crippen molar-refractivity contribution in [2.24, 2.45) is 0 Å². The first-order valence-corrected chi connectivity index (χ1v) is 10.0. The Morgan fingerprint density at radius 1 is 1.50 bits per heavy atom. The molecule has 2 nitrogen and oxygen atoms in total. The van der Waals surface area contributed by atoms with E-state index in [0.29, 0.717) is 0 Å². The van der Waals surface area contributed by atoms with Gasteiger partial charge in [-0.2, -0.15) is 0 Å². The van der Waals surface area contributed by atoms with Gasteiger partial charge in [0.1, 0.15) is 5.60 Å². The van der Waals surface area contributed by atoms with E-state index >= 15 is 0 Å². The quantitative estimate of drug-likeness (QED) is 0.552. The molecular formula is C14H25BrO2Si. The molecule has 0 aromatic heterocycles. The van der Waals surface area contributed by atoms with Gasteiger partial charge in [-0.05, 0) is 24.2 Å². The molecule has 1 aliphatic carbocycles. The predicted octanol–water partition coefficient (Wildman–Crippen LogP) is 4.63. The molecule has 0 unspecified atom stereocenters. The van der Waals surface area contributed by atoms with E-state index < -0.39 is 13.9 Å². The summed E-state index contributed by atoms with van der Waals surface area (Å²) in [6.45, 7) is 15.2. The third-order valence-electron chi connectivity index (χ3n) is 4.19. The fraction of sp³-hybridized carbons (Fsp3) is 0.714. The lowest BCUT2D eigenvalue weighted by Crippen LogP contribution is -2.44. The van der Waals surface area contributed by atoms with Gasteiger partial charge in [0, 0.05) is 18.0 Å². The van der Waals surface area contributed by atoms with Crippen molar-refractivity contribution in [3.8, 4) is 0 Å². The Kier molecular flexibility index (Phi) is 4.70. The van der Waals surface area contributed by atoms with Crippen LogP contribution < -0.4 is 0 Å². The Hall–Kier alpha value is 0.0969. The Morgan fingerprint density at radius 2 is 2.06 bits per heavy atom. The first-order valence-electron chi connectivity index (χ1n) is 6.32. The monoisotopic (exact) mass is 332 g/mol. The summed E-state index contributed by atoms with van der Waals surface area (Å²) in [5.41, 5.74) is -0.410. The van der Waals surface area contributed by atoms with Crippen molar-refractivity contribution in [1.29, 1.82) is 0 Å². The smallest absolute Gasteiger partial charge is 0.192 e. The van der Waals surface area contributed by atoms with E-state index in [2.05, 4.69) is 62.5 Å². The maximum absolute atomic E-state index is 6.40. The number of rotatable bonds is 4. The molecule has 0 saturated carbocycles. The lowest BCUT2D eigenvalue weighted by molar-refractivity contribution is 0.0494. The first-order chi connectivity index (χ1) is 8.08. The van der Waals surface area contributed by atoms with Gasteiger partial charge in [0.05, 0.1) is 6.10 Å². The summed E-state index contributed by atoms with van der Waals surface area (Å²) in [7, 11) is -0.0291. The molecule has 0 heterocycles. The summed E-state index contributed by atoms with van der Waals surface area (Å²) in [5, 5.41) is 0.222. The molecule has 0 aromatic rings. The number of hydrogen-bond acceptors (Lipinski definition) is 2. The van der Waals surface area contributed by atoms with Crippen LogP contribution in [0.2, 0.25) is 18.1 Å². The Balaban J connectivity index is 2.83. The van der Waals surface area contributed by atoms with Gasteiger partial charge in [-0.25, -0.2) is 0 Å². The standard InChI is InChI=1S/C14H25BrO2Si/c1-8-14(16-5)10-11(9-12(14)15)17-18(6,7)13(2,3)4/h8-9,11H,1,10H2,2-7H3/t11-,14-/m0/s1. The van der Waals surface area contributed by atoms with E-state index in [1.165, 1.54) is 0 Å². The molecule has 0 N–H and O–H groups in total. The van der Waals surface area contributed by atoms with E-state index in [-0.39, 0.29) is 11.1 Å². The van der Waals surface area contributed by atoms with Crippen LogP contribution in [0.3, 0.4) is 0 Å². The highest BCUT2D eigenvalue weighted by Gasteiger charge is 2.44. The molecule has 0 fully saturated rings. The molecule has 0 bridgehead atoms. The Bertz CT molecular complexity index is 357. The maximum Gasteiger partial charge on any atom is 0.192 e. The van der Waals surface area contributed by atoms with Gasteiger partial charge in [0.2, 0.25) is 0 Å². The summed E-state index contributed by atoms with van der Waals surface area (Å²) >= 11 is 3.58. The van der Waals surface area contributed by atoms with Gasteiger partial charge in [-0.15, -0.1) is 0 Å². The average Bonchev–Trinajstić information content (AvgIpc) is 2.53. The van der Waals surface area contributed by atoms with Gasteiger partial charge in [-0.1, -0.05) is 49.4 Å². The van der Waals surface area contributed by atoms with Crippen LogP contribution in [0, 0.1) is 0 Å². The number of ether oxygens (including phenoxy) is 1. The zero-order valence-corrected chi connectivity index (χ0v) is 14.9. The minimum atomic E-state index is -1.74. The Morgan fingerprint density at radius 3 is 2.39 bits per heavy atom. The molecule has 4 heteroatoms. The van der Waals surface area contributed by atoms with Crippen LogP contribution in [-0.4, -0.2) is 27.1 Å². The van der Waals surface area contributed by atoms with E-state index in [1.807, 2.05) is 6.08 Å². The topological polar surface area (TPSA) is 18.5 Å². The highest BCUT2D eigenvalue weighted by Crippen LogP contribution is 2.43. The van der Waals surface area contributed by atoms with Crippen molar-refractivity contribution < 1.29 is 9.16 Å². The Labute approximate surface area is 121 Å². The van der Waals surface area contributed by atoms with Crippen molar-refractivity contribution in [2.75, 3.05) is 7.11 Å². The highest BCUT2D eigenvalue weighted by molar-refractivity contribution is 9.11. The highest BCUT2D eigenvalue weighted by atomic mass is 79.9. The van der Waals surface area contributed by atoms with Crippen molar-refractivity contribution >= 4 is 24.2 Å². The minimum Gasteiger partial charge on any atom is -0.410 e. The fourth-order valence-electron chi connectivity index (χ4n) is 1.84. The fourth-order valence-corrected chi connectivity index (χ4v) is 3.88. The maximum atomic E-state index is 6.40. The van der Waals surface area contributed by atoms with Crippen molar-refractivity contribution in [3.63, 3.8) is 0 Å². The number of halogens is 1. The SMILES string of the molecule is C=C[C@]1(OC)C[C@@H](O[Si](C)(C)C(C)(C)C)C=C1Br. The van der Waals surface area contributed by atoms with Crippen LogP contribution in [0.1, 0.15) is 27.2 Å². The first kappa shape index (κ1) is 16.2. The third-order valence-corrected chi connectivity index (χ3v) is 9.63. The molecule has 1 rings (SSSR count). The number of methoxy groups -OCH3 is 1. The lowest BCUT2D eigenvalue weighted by Gasteiger charge is -2.38. The molecule has 104 valence electrons. The predicted molar refractivity (Wildman–Crippen MR) is 83.6 cm³/mol. The molecule has 0 saturated heterocycles. The van der Waals surface area contributed by atoms with Crippen molar-refractivity contribution in [1.82, 2.24) is 0 Å². The molecule has 0 spiro atoms. The zero-order valence-electron chi connectivity index (χ0n) is 12.3. The number of hydrogen-bond donors (Lipinski definition) is 0. The average molecular weight is 333 g/mol. The summed E-state index contributed by atoms with van der Waals surface area (Å²) in [5.74, 6) is 0. The van der Waals surface area contributed by atoms with Crippen molar-refractivity contribution in [2.45, 2.75) is 57.0 Å². The van der Waals surface area contributed by atoms with Gasteiger partial charge < -0.3 is 9.16 Å². The summed E-state index contributed by atoms with van der Waals surface area (Å²) in [6.07, 6.45) is 4.88. The van der Waals surface area contributed by atoms with Crippen LogP contribution in [0.15, 0.2) is 23.2 Å². The van der Waals surface area contributed by atoms with Crippen molar-refractivity contribution in [3.05, 3.63) is 23.2 Å².